The second-order valence-electron chi connectivity index (χ2n) is 7.37. The first-order valence-corrected chi connectivity index (χ1v) is 9.29. The number of carbonyl (C=O) groups is 1. The maximum absolute atomic E-state index is 13.1. The van der Waals surface area contributed by atoms with Gasteiger partial charge in [0, 0.05) is 11.5 Å². The Morgan fingerprint density at radius 3 is 2.73 bits per heavy atom. The largest absolute Gasteiger partial charge is 0.454 e. The summed E-state index contributed by atoms with van der Waals surface area (Å²) in [6.45, 7) is 2.53. The molecular formula is C20H19ClO5. The third kappa shape index (κ3) is 2.26. The lowest BCUT2D eigenvalue weighted by atomic mass is 9.57. The lowest BCUT2D eigenvalue weighted by molar-refractivity contribution is -0.126. The van der Waals surface area contributed by atoms with Crippen molar-refractivity contribution < 1.29 is 23.7 Å². The predicted octanol–water partition coefficient (Wildman–Crippen LogP) is 3.88. The molecule has 0 N–H and O–H groups in total. The van der Waals surface area contributed by atoms with Gasteiger partial charge in [0.1, 0.15) is 0 Å². The number of benzene rings is 1. The van der Waals surface area contributed by atoms with Gasteiger partial charge in [-0.25, -0.2) is 0 Å². The van der Waals surface area contributed by atoms with E-state index in [-0.39, 0.29) is 36.6 Å². The fraction of sp³-hybridized carbons (Fsp3) is 0.450. The predicted molar refractivity (Wildman–Crippen MR) is 94.0 cm³/mol. The number of hydrogen-bond acceptors (Lipinski definition) is 5. The van der Waals surface area contributed by atoms with Crippen LogP contribution in [0.1, 0.15) is 31.2 Å². The standard InChI is InChI=1S/C20H19ClO5/c1-11-14(12-2-3-15-16(4-12)24-9-23-15)5-13(21)7-20(11)8-18-17(6-19(20)22)25-10-26-18/h2-4,6,8,11,13-14H,5,7,9-10H2,1H3/t11-,13-,14-,20+/m0/s1. The van der Waals surface area contributed by atoms with Crippen LogP contribution in [0.2, 0.25) is 0 Å². The summed E-state index contributed by atoms with van der Waals surface area (Å²) in [7, 11) is 0. The highest BCUT2D eigenvalue weighted by atomic mass is 35.5. The van der Waals surface area contributed by atoms with Gasteiger partial charge in [0.2, 0.25) is 13.6 Å². The SMILES string of the molecule is C[C@H]1[C@@H](c2ccc3c(c2)OCO3)C[C@H](Cl)C[C@@]12C=C1OCOC1=CC2=O. The van der Waals surface area contributed by atoms with Crippen molar-refractivity contribution in [2.45, 2.75) is 31.1 Å². The number of alkyl halides is 1. The summed E-state index contributed by atoms with van der Waals surface area (Å²) in [5.74, 6) is 2.96. The lowest BCUT2D eigenvalue weighted by Crippen LogP contribution is -2.45. The minimum absolute atomic E-state index is 0.0466. The third-order valence-corrected chi connectivity index (χ3v) is 6.42. The van der Waals surface area contributed by atoms with E-state index in [9.17, 15) is 4.79 Å². The van der Waals surface area contributed by atoms with E-state index < -0.39 is 5.41 Å². The molecule has 0 aromatic heterocycles. The first-order chi connectivity index (χ1) is 12.6. The number of carbonyl (C=O) groups excluding carboxylic acids is 1. The highest BCUT2D eigenvalue weighted by Crippen LogP contribution is 2.55. The summed E-state index contributed by atoms with van der Waals surface area (Å²) in [6.07, 6.45) is 4.93. The number of hydrogen-bond donors (Lipinski definition) is 0. The number of rotatable bonds is 1. The van der Waals surface area contributed by atoms with E-state index in [4.69, 9.17) is 30.5 Å². The van der Waals surface area contributed by atoms with E-state index in [0.29, 0.717) is 17.9 Å². The lowest BCUT2D eigenvalue weighted by Gasteiger charge is -2.46. The molecule has 1 saturated heterocycles. The molecule has 1 spiro atoms. The Kier molecular flexibility index (Phi) is 3.51. The van der Waals surface area contributed by atoms with Gasteiger partial charge in [-0.1, -0.05) is 13.0 Å². The second kappa shape index (κ2) is 5.68. The third-order valence-electron chi connectivity index (χ3n) is 6.09. The maximum Gasteiger partial charge on any atom is 0.231 e. The quantitative estimate of drug-likeness (QED) is 0.698. The van der Waals surface area contributed by atoms with Gasteiger partial charge in [-0.2, -0.15) is 0 Å². The number of allylic oxidation sites excluding steroid dienone is 2. The Bertz CT molecular complexity index is 845. The molecule has 0 amide bonds. The van der Waals surface area contributed by atoms with Crippen LogP contribution in [0.5, 0.6) is 11.5 Å². The Hall–Kier alpha value is -2.14. The molecule has 2 heterocycles. The number of halogens is 1. The normalized spacial score (nSPS) is 34.7. The molecule has 1 saturated carbocycles. The summed E-state index contributed by atoms with van der Waals surface area (Å²) >= 11 is 6.64. The summed E-state index contributed by atoms with van der Waals surface area (Å²) < 4.78 is 21.9. The molecule has 4 aliphatic rings. The molecular weight excluding hydrogens is 356 g/mol. The van der Waals surface area contributed by atoms with Gasteiger partial charge in [0.25, 0.3) is 0 Å². The molecule has 0 bridgehead atoms. The summed E-state index contributed by atoms with van der Waals surface area (Å²) in [4.78, 5) is 13.1. The molecule has 0 unspecified atom stereocenters. The van der Waals surface area contributed by atoms with Gasteiger partial charge in [0.15, 0.2) is 28.8 Å². The van der Waals surface area contributed by atoms with Crippen molar-refractivity contribution in [3.63, 3.8) is 0 Å². The van der Waals surface area contributed by atoms with E-state index in [2.05, 4.69) is 6.92 Å². The first kappa shape index (κ1) is 16.1. The van der Waals surface area contributed by atoms with Crippen molar-refractivity contribution in [2.24, 2.45) is 11.3 Å². The number of fused-ring (bicyclic) bond motifs is 2. The Balaban J connectivity index is 1.55. The number of ether oxygens (including phenoxy) is 4. The Morgan fingerprint density at radius 2 is 1.85 bits per heavy atom. The van der Waals surface area contributed by atoms with Gasteiger partial charge < -0.3 is 18.9 Å². The minimum atomic E-state index is -0.668. The average Bonchev–Trinajstić information content (AvgIpc) is 3.26. The van der Waals surface area contributed by atoms with Gasteiger partial charge in [-0.3, -0.25) is 4.79 Å². The van der Waals surface area contributed by atoms with Crippen LogP contribution in [-0.4, -0.2) is 24.7 Å². The molecule has 4 atom stereocenters. The van der Waals surface area contributed by atoms with E-state index >= 15 is 0 Å². The Labute approximate surface area is 156 Å². The van der Waals surface area contributed by atoms with Gasteiger partial charge in [-0.15, -0.1) is 11.6 Å². The second-order valence-corrected chi connectivity index (χ2v) is 7.99. The molecule has 5 nitrogen and oxygen atoms in total. The molecule has 2 aliphatic carbocycles. The van der Waals surface area contributed by atoms with Crippen LogP contribution in [0, 0.1) is 11.3 Å². The van der Waals surface area contributed by atoms with Crippen molar-refractivity contribution in [1.29, 1.82) is 0 Å². The molecule has 1 aromatic rings. The summed E-state index contributed by atoms with van der Waals surface area (Å²) in [5.41, 5.74) is 0.453. The van der Waals surface area contributed by atoms with Crippen LogP contribution < -0.4 is 9.47 Å². The van der Waals surface area contributed by atoms with Crippen LogP contribution in [0.3, 0.4) is 0 Å². The van der Waals surface area contributed by atoms with Crippen molar-refractivity contribution >= 4 is 17.4 Å². The van der Waals surface area contributed by atoms with Crippen LogP contribution >= 0.6 is 11.6 Å². The van der Waals surface area contributed by atoms with Crippen molar-refractivity contribution in [3.05, 3.63) is 47.4 Å². The zero-order valence-corrected chi connectivity index (χ0v) is 15.1. The Morgan fingerprint density at radius 1 is 1.08 bits per heavy atom. The van der Waals surface area contributed by atoms with E-state index in [0.717, 1.165) is 23.5 Å². The molecule has 6 heteroatoms. The fourth-order valence-electron chi connectivity index (χ4n) is 4.64. The molecule has 0 radical (unpaired) electrons. The molecule has 26 heavy (non-hydrogen) atoms. The molecule has 2 fully saturated rings. The molecule has 2 aliphatic heterocycles. The van der Waals surface area contributed by atoms with Gasteiger partial charge >= 0.3 is 0 Å². The van der Waals surface area contributed by atoms with Gasteiger partial charge in [-0.05, 0) is 48.4 Å². The fourth-order valence-corrected chi connectivity index (χ4v) is 5.09. The van der Waals surface area contributed by atoms with Crippen molar-refractivity contribution in [1.82, 2.24) is 0 Å². The zero-order valence-electron chi connectivity index (χ0n) is 14.4. The maximum atomic E-state index is 13.1. The molecule has 5 rings (SSSR count). The zero-order chi connectivity index (χ0) is 17.9. The topological polar surface area (TPSA) is 54.0 Å². The van der Waals surface area contributed by atoms with Crippen LogP contribution in [0.15, 0.2) is 41.9 Å². The highest BCUT2D eigenvalue weighted by molar-refractivity contribution is 6.21. The highest BCUT2D eigenvalue weighted by Gasteiger charge is 2.52. The van der Waals surface area contributed by atoms with Crippen molar-refractivity contribution in [3.8, 4) is 11.5 Å². The number of ketones is 1. The minimum Gasteiger partial charge on any atom is -0.454 e. The van der Waals surface area contributed by atoms with E-state index in [1.165, 1.54) is 0 Å². The smallest absolute Gasteiger partial charge is 0.231 e. The van der Waals surface area contributed by atoms with Crippen LogP contribution in [-0.2, 0) is 14.3 Å². The van der Waals surface area contributed by atoms with Gasteiger partial charge in [0.05, 0.1) is 5.41 Å². The average molecular weight is 375 g/mol. The van der Waals surface area contributed by atoms with Crippen molar-refractivity contribution in [2.75, 3.05) is 13.6 Å². The molecule has 136 valence electrons. The monoisotopic (exact) mass is 374 g/mol. The van der Waals surface area contributed by atoms with E-state index in [1.807, 2.05) is 24.3 Å². The molecule has 1 aromatic carbocycles. The van der Waals surface area contributed by atoms with Crippen LogP contribution in [0.25, 0.3) is 0 Å². The van der Waals surface area contributed by atoms with E-state index in [1.54, 1.807) is 6.08 Å². The first-order valence-electron chi connectivity index (χ1n) is 8.85. The summed E-state index contributed by atoms with van der Waals surface area (Å²) in [6, 6.07) is 6.00. The summed E-state index contributed by atoms with van der Waals surface area (Å²) in [5, 5.41) is -0.0975. The van der Waals surface area contributed by atoms with Crippen LogP contribution in [0.4, 0.5) is 0 Å².